The summed E-state index contributed by atoms with van der Waals surface area (Å²) in [5.74, 6) is 0.768. The average molecular weight is 328 g/mol. The van der Waals surface area contributed by atoms with Crippen LogP contribution in [-0.4, -0.2) is 47.8 Å². The summed E-state index contributed by atoms with van der Waals surface area (Å²) < 4.78 is 0. The van der Waals surface area contributed by atoms with Gasteiger partial charge in [0, 0.05) is 37.3 Å². The summed E-state index contributed by atoms with van der Waals surface area (Å²) in [5, 5.41) is 0. The minimum Gasteiger partial charge on any atom is -0.339 e. The maximum Gasteiger partial charge on any atom is 0.253 e. The van der Waals surface area contributed by atoms with Crippen LogP contribution >= 0.6 is 0 Å². The summed E-state index contributed by atoms with van der Waals surface area (Å²) in [5.41, 5.74) is 1.39. The molecule has 0 aliphatic carbocycles. The van der Waals surface area contributed by atoms with Gasteiger partial charge in [-0.25, -0.2) is 0 Å². The van der Waals surface area contributed by atoms with Crippen LogP contribution in [0.2, 0.25) is 0 Å². The molecule has 0 spiro atoms. The standard InChI is InChI=1S/C20H28N2O2/c1-16-7-6-14-22(15-16)20(24)18-10-8-17(9-11-18)19(23)21-12-4-2-3-5-13-21/h8-11,16H,2-7,12-15H2,1H3. The molecule has 4 heteroatoms. The van der Waals surface area contributed by atoms with E-state index in [4.69, 9.17) is 0 Å². The number of rotatable bonds is 2. The second kappa shape index (κ2) is 7.82. The van der Waals surface area contributed by atoms with Gasteiger partial charge >= 0.3 is 0 Å². The molecular formula is C20H28N2O2. The van der Waals surface area contributed by atoms with Crippen molar-refractivity contribution in [1.82, 2.24) is 9.80 Å². The third kappa shape index (κ3) is 3.97. The highest BCUT2D eigenvalue weighted by atomic mass is 16.2. The lowest BCUT2D eigenvalue weighted by Crippen LogP contribution is -2.39. The zero-order valence-electron chi connectivity index (χ0n) is 14.7. The predicted octanol–water partition coefficient (Wildman–Crippen LogP) is 3.57. The molecule has 0 aromatic heterocycles. The topological polar surface area (TPSA) is 40.6 Å². The third-order valence-corrected chi connectivity index (χ3v) is 5.22. The average Bonchev–Trinajstić information content (AvgIpc) is 2.90. The Balaban J connectivity index is 1.66. The molecule has 130 valence electrons. The van der Waals surface area contributed by atoms with Gasteiger partial charge in [0.05, 0.1) is 0 Å². The lowest BCUT2D eigenvalue weighted by Gasteiger charge is -2.31. The lowest BCUT2D eigenvalue weighted by atomic mass is 9.99. The van der Waals surface area contributed by atoms with E-state index in [1.807, 2.05) is 34.1 Å². The van der Waals surface area contributed by atoms with Crippen molar-refractivity contribution in [3.8, 4) is 0 Å². The number of hydrogen-bond acceptors (Lipinski definition) is 2. The van der Waals surface area contributed by atoms with Crippen LogP contribution in [0.4, 0.5) is 0 Å². The zero-order valence-corrected chi connectivity index (χ0v) is 14.7. The van der Waals surface area contributed by atoms with Gasteiger partial charge in [0.25, 0.3) is 11.8 Å². The highest BCUT2D eigenvalue weighted by Gasteiger charge is 2.23. The normalized spacial score (nSPS) is 22.1. The van der Waals surface area contributed by atoms with Crippen molar-refractivity contribution in [3.05, 3.63) is 35.4 Å². The second-order valence-corrected chi connectivity index (χ2v) is 7.28. The van der Waals surface area contributed by atoms with E-state index in [2.05, 4.69) is 6.92 Å². The molecule has 1 aromatic rings. The SMILES string of the molecule is CC1CCCN(C(=O)c2ccc(C(=O)N3CCCCCC3)cc2)C1. The zero-order chi connectivity index (χ0) is 16.9. The number of amides is 2. The van der Waals surface area contributed by atoms with Crippen LogP contribution in [0.25, 0.3) is 0 Å². The number of nitrogens with zero attached hydrogens (tertiary/aromatic N) is 2. The van der Waals surface area contributed by atoms with Gasteiger partial charge < -0.3 is 9.80 Å². The van der Waals surface area contributed by atoms with E-state index >= 15 is 0 Å². The smallest absolute Gasteiger partial charge is 0.253 e. The van der Waals surface area contributed by atoms with Crippen LogP contribution in [0.15, 0.2) is 24.3 Å². The van der Waals surface area contributed by atoms with E-state index in [0.29, 0.717) is 17.0 Å². The van der Waals surface area contributed by atoms with Crippen molar-refractivity contribution in [2.75, 3.05) is 26.2 Å². The fourth-order valence-corrected chi connectivity index (χ4v) is 3.77. The van der Waals surface area contributed by atoms with Crippen LogP contribution in [0.1, 0.15) is 66.2 Å². The molecule has 0 saturated carbocycles. The summed E-state index contributed by atoms with van der Waals surface area (Å²) in [6.07, 6.45) is 6.90. The molecule has 0 bridgehead atoms. The van der Waals surface area contributed by atoms with Crippen LogP contribution in [0.5, 0.6) is 0 Å². The van der Waals surface area contributed by atoms with Crippen LogP contribution in [0, 0.1) is 5.92 Å². The Kier molecular flexibility index (Phi) is 5.54. The first-order valence-corrected chi connectivity index (χ1v) is 9.34. The Labute approximate surface area is 144 Å². The molecule has 1 atom stereocenters. The second-order valence-electron chi connectivity index (χ2n) is 7.28. The van der Waals surface area contributed by atoms with Crippen molar-refractivity contribution in [3.63, 3.8) is 0 Å². The molecule has 2 amide bonds. The Hall–Kier alpha value is -1.84. The van der Waals surface area contributed by atoms with Crippen LogP contribution < -0.4 is 0 Å². The molecule has 2 aliphatic rings. The first-order chi connectivity index (χ1) is 11.6. The molecule has 2 aliphatic heterocycles. The Bertz CT molecular complexity index is 541. The highest BCUT2D eigenvalue weighted by Crippen LogP contribution is 2.19. The molecule has 24 heavy (non-hydrogen) atoms. The molecule has 3 rings (SSSR count). The summed E-state index contributed by atoms with van der Waals surface area (Å²) in [6.45, 7) is 5.59. The molecule has 2 saturated heterocycles. The van der Waals surface area contributed by atoms with Crippen LogP contribution in [-0.2, 0) is 0 Å². The van der Waals surface area contributed by atoms with E-state index in [9.17, 15) is 9.59 Å². The summed E-state index contributed by atoms with van der Waals surface area (Å²) in [6, 6.07) is 7.25. The lowest BCUT2D eigenvalue weighted by molar-refractivity contribution is 0.0681. The molecular weight excluding hydrogens is 300 g/mol. The molecule has 0 N–H and O–H groups in total. The number of benzene rings is 1. The fraction of sp³-hybridized carbons (Fsp3) is 0.600. The molecule has 1 aromatic carbocycles. The minimum absolute atomic E-state index is 0.0929. The summed E-state index contributed by atoms with van der Waals surface area (Å²) in [4.78, 5) is 29.1. The van der Waals surface area contributed by atoms with E-state index < -0.39 is 0 Å². The Morgan fingerprint density at radius 3 is 1.83 bits per heavy atom. The van der Waals surface area contributed by atoms with E-state index in [1.165, 1.54) is 19.3 Å². The highest BCUT2D eigenvalue weighted by molar-refractivity contribution is 5.97. The monoisotopic (exact) mass is 328 g/mol. The summed E-state index contributed by atoms with van der Waals surface area (Å²) in [7, 11) is 0. The molecule has 2 heterocycles. The number of hydrogen-bond donors (Lipinski definition) is 0. The molecule has 0 radical (unpaired) electrons. The van der Waals surface area contributed by atoms with Gasteiger partial charge in [0.1, 0.15) is 0 Å². The van der Waals surface area contributed by atoms with Gasteiger partial charge in [-0.2, -0.15) is 0 Å². The van der Waals surface area contributed by atoms with Crippen LogP contribution in [0.3, 0.4) is 0 Å². The number of piperidine rings is 1. The van der Waals surface area contributed by atoms with Crippen molar-refractivity contribution in [2.24, 2.45) is 5.92 Å². The Morgan fingerprint density at radius 2 is 1.29 bits per heavy atom. The fourth-order valence-electron chi connectivity index (χ4n) is 3.77. The minimum atomic E-state index is 0.0929. The van der Waals surface area contributed by atoms with Gasteiger partial charge in [-0.05, 0) is 55.9 Å². The first-order valence-electron chi connectivity index (χ1n) is 9.34. The van der Waals surface area contributed by atoms with E-state index in [-0.39, 0.29) is 11.8 Å². The van der Waals surface area contributed by atoms with Crippen molar-refractivity contribution < 1.29 is 9.59 Å². The summed E-state index contributed by atoms with van der Waals surface area (Å²) >= 11 is 0. The van der Waals surface area contributed by atoms with E-state index in [1.54, 1.807) is 0 Å². The van der Waals surface area contributed by atoms with Crippen molar-refractivity contribution in [2.45, 2.75) is 45.4 Å². The third-order valence-electron chi connectivity index (χ3n) is 5.22. The van der Waals surface area contributed by atoms with E-state index in [0.717, 1.165) is 45.4 Å². The van der Waals surface area contributed by atoms with Gasteiger partial charge in [-0.1, -0.05) is 19.8 Å². The number of carbonyl (C=O) groups is 2. The molecule has 1 unspecified atom stereocenters. The molecule has 2 fully saturated rings. The van der Waals surface area contributed by atoms with Crippen molar-refractivity contribution >= 4 is 11.8 Å². The number of carbonyl (C=O) groups excluding carboxylic acids is 2. The first kappa shape index (κ1) is 17.0. The van der Waals surface area contributed by atoms with Gasteiger partial charge in [0.2, 0.25) is 0 Å². The quantitative estimate of drug-likeness (QED) is 0.832. The number of likely N-dealkylation sites (tertiary alicyclic amines) is 2. The molecule has 4 nitrogen and oxygen atoms in total. The largest absolute Gasteiger partial charge is 0.339 e. The van der Waals surface area contributed by atoms with Crippen molar-refractivity contribution in [1.29, 1.82) is 0 Å². The van der Waals surface area contributed by atoms with Gasteiger partial charge in [0.15, 0.2) is 0 Å². The predicted molar refractivity (Wildman–Crippen MR) is 95.1 cm³/mol. The van der Waals surface area contributed by atoms with Gasteiger partial charge in [-0.15, -0.1) is 0 Å². The maximum atomic E-state index is 12.6. The Morgan fingerprint density at radius 1 is 0.792 bits per heavy atom. The maximum absolute atomic E-state index is 12.6. The van der Waals surface area contributed by atoms with Gasteiger partial charge in [-0.3, -0.25) is 9.59 Å².